The minimum atomic E-state index is -0.333. The highest BCUT2D eigenvalue weighted by atomic mass is 35.5. The SMILES string of the molecule is CC(Cl)Cl.CC(N)=O. The number of hydrogen-bond acceptors (Lipinski definition) is 1. The quantitative estimate of drug-likeness (QED) is 0.530. The van der Waals surface area contributed by atoms with Crippen molar-refractivity contribution in [3.05, 3.63) is 0 Å². The summed E-state index contributed by atoms with van der Waals surface area (Å²) in [6.07, 6.45) is 0. The first-order valence-corrected chi connectivity index (χ1v) is 2.88. The van der Waals surface area contributed by atoms with E-state index in [1.807, 2.05) is 0 Å². The molecule has 2 N–H and O–H groups in total. The molecule has 0 heterocycles. The zero-order valence-corrected chi connectivity index (χ0v) is 6.33. The largest absolute Gasteiger partial charge is 0.370 e. The van der Waals surface area contributed by atoms with Gasteiger partial charge in [-0.1, -0.05) is 0 Å². The van der Waals surface area contributed by atoms with Crippen LogP contribution in [0.1, 0.15) is 13.8 Å². The smallest absolute Gasteiger partial charge is 0.214 e. The van der Waals surface area contributed by atoms with Gasteiger partial charge in [-0.15, -0.1) is 23.2 Å². The molecular formula is C4H9Cl2NO. The summed E-state index contributed by atoms with van der Waals surface area (Å²) in [5.74, 6) is -0.333. The lowest BCUT2D eigenvalue weighted by Crippen LogP contribution is -2.01. The van der Waals surface area contributed by atoms with Gasteiger partial charge in [-0.3, -0.25) is 4.79 Å². The molecule has 0 spiro atoms. The number of alkyl halides is 2. The van der Waals surface area contributed by atoms with Gasteiger partial charge in [-0.25, -0.2) is 0 Å². The lowest BCUT2D eigenvalue weighted by Gasteiger charge is -1.72. The van der Waals surface area contributed by atoms with Crippen molar-refractivity contribution in [1.29, 1.82) is 0 Å². The van der Waals surface area contributed by atoms with Gasteiger partial charge in [0, 0.05) is 6.92 Å². The second-order valence-corrected chi connectivity index (χ2v) is 2.66. The number of primary amides is 1. The van der Waals surface area contributed by atoms with Gasteiger partial charge in [0.15, 0.2) is 0 Å². The van der Waals surface area contributed by atoms with E-state index in [0.717, 1.165) is 0 Å². The van der Waals surface area contributed by atoms with E-state index in [1.54, 1.807) is 6.92 Å². The van der Waals surface area contributed by atoms with Gasteiger partial charge in [-0.2, -0.15) is 0 Å². The molecule has 50 valence electrons. The molecule has 0 aromatic heterocycles. The van der Waals surface area contributed by atoms with E-state index in [0.29, 0.717) is 0 Å². The number of amides is 1. The van der Waals surface area contributed by atoms with Crippen LogP contribution in [0.4, 0.5) is 0 Å². The minimum absolute atomic E-state index is 0.222. The predicted octanol–water partition coefficient (Wildman–Crippen LogP) is 1.30. The minimum Gasteiger partial charge on any atom is -0.370 e. The molecule has 0 fully saturated rings. The van der Waals surface area contributed by atoms with Crippen LogP contribution < -0.4 is 5.73 Å². The molecule has 4 heteroatoms. The molecule has 1 amide bonds. The van der Waals surface area contributed by atoms with Gasteiger partial charge in [-0.05, 0) is 6.92 Å². The van der Waals surface area contributed by atoms with Crippen molar-refractivity contribution in [3.63, 3.8) is 0 Å². The maximum Gasteiger partial charge on any atom is 0.214 e. The summed E-state index contributed by atoms with van der Waals surface area (Å²) in [7, 11) is 0. The highest BCUT2D eigenvalue weighted by Gasteiger charge is 1.75. The molecule has 0 aliphatic heterocycles. The molecule has 0 aromatic rings. The van der Waals surface area contributed by atoms with E-state index in [1.165, 1.54) is 6.92 Å². The van der Waals surface area contributed by atoms with Crippen LogP contribution in [-0.2, 0) is 4.79 Å². The molecule has 8 heavy (non-hydrogen) atoms. The third-order valence-electron chi connectivity index (χ3n) is 0. The van der Waals surface area contributed by atoms with Crippen molar-refractivity contribution in [2.75, 3.05) is 0 Å². The number of halogens is 2. The first-order chi connectivity index (χ1) is 3.46. The van der Waals surface area contributed by atoms with E-state index in [9.17, 15) is 4.79 Å². The molecule has 0 aromatic carbocycles. The summed E-state index contributed by atoms with van der Waals surface area (Å²) in [5, 5.41) is 0. The van der Waals surface area contributed by atoms with Gasteiger partial charge in [0.05, 0.1) is 0 Å². The number of nitrogens with two attached hydrogens (primary N) is 1. The van der Waals surface area contributed by atoms with Crippen molar-refractivity contribution in [2.45, 2.75) is 18.7 Å². The first-order valence-electron chi connectivity index (χ1n) is 2.01. The monoisotopic (exact) mass is 157 g/mol. The summed E-state index contributed by atoms with van der Waals surface area (Å²) < 4.78 is 0. The Labute approximate surface area is 58.9 Å². The highest BCUT2D eigenvalue weighted by Crippen LogP contribution is 1.95. The lowest BCUT2D eigenvalue weighted by atomic mass is 10.8. The fourth-order valence-electron chi connectivity index (χ4n) is 0. The molecule has 0 bridgehead atoms. The van der Waals surface area contributed by atoms with Gasteiger partial charge in [0.1, 0.15) is 4.84 Å². The number of carbonyl (C=O) groups is 1. The molecule has 0 saturated carbocycles. The molecule has 0 aliphatic rings. The summed E-state index contributed by atoms with van der Waals surface area (Å²) >= 11 is 10.1. The highest BCUT2D eigenvalue weighted by molar-refractivity contribution is 6.43. The van der Waals surface area contributed by atoms with E-state index in [4.69, 9.17) is 23.2 Å². The second-order valence-electron chi connectivity index (χ2n) is 1.13. The number of rotatable bonds is 0. The maximum atomic E-state index is 9.22. The van der Waals surface area contributed by atoms with Crippen molar-refractivity contribution < 1.29 is 4.79 Å². The zero-order chi connectivity index (χ0) is 7.15. The van der Waals surface area contributed by atoms with Crippen LogP contribution in [0.25, 0.3) is 0 Å². The molecule has 0 atom stereocenters. The Bertz CT molecular complexity index is 58.3. The zero-order valence-electron chi connectivity index (χ0n) is 4.82. The van der Waals surface area contributed by atoms with Gasteiger partial charge in [0.2, 0.25) is 5.91 Å². The fourth-order valence-corrected chi connectivity index (χ4v) is 0. The van der Waals surface area contributed by atoms with Crippen LogP contribution in [0.3, 0.4) is 0 Å². The fraction of sp³-hybridized carbons (Fsp3) is 0.750. The molecule has 0 saturated heterocycles. The first kappa shape index (κ1) is 10.9. The normalized spacial score (nSPS) is 7.62. The maximum absolute atomic E-state index is 9.22. The Kier molecular flexibility index (Phi) is 9.63. The Balaban J connectivity index is 0. The molecule has 2 nitrogen and oxygen atoms in total. The van der Waals surface area contributed by atoms with E-state index >= 15 is 0 Å². The third-order valence-corrected chi connectivity index (χ3v) is 0. The van der Waals surface area contributed by atoms with Crippen LogP contribution in [0, 0.1) is 0 Å². The summed E-state index contributed by atoms with van der Waals surface area (Å²) in [5.41, 5.74) is 4.47. The lowest BCUT2D eigenvalue weighted by molar-refractivity contribution is -0.115. The Morgan fingerprint density at radius 3 is 1.62 bits per heavy atom. The van der Waals surface area contributed by atoms with Crippen LogP contribution in [0.5, 0.6) is 0 Å². The average molecular weight is 158 g/mol. The van der Waals surface area contributed by atoms with E-state index in [-0.39, 0.29) is 10.7 Å². The Hall–Kier alpha value is 0.0500. The third kappa shape index (κ3) is 61700. The Morgan fingerprint density at radius 2 is 1.62 bits per heavy atom. The summed E-state index contributed by atoms with van der Waals surface area (Å²) in [6.45, 7) is 3.00. The van der Waals surface area contributed by atoms with Gasteiger partial charge < -0.3 is 5.73 Å². The van der Waals surface area contributed by atoms with Gasteiger partial charge in [0.25, 0.3) is 0 Å². The molecular weight excluding hydrogens is 149 g/mol. The molecule has 0 radical (unpaired) electrons. The van der Waals surface area contributed by atoms with Crippen LogP contribution in [-0.4, -0.2) is 10.7 Å². The predicted molar refractivity (Wildman–Crippen MR) is 36.0 cm³/mol. The molecule has 0 aliphatic carbocycles. The standard InChI is InChI=1S/C2H4Cl2.C2H5NO/c2*1-2(3)4/h2H,1H3;1H3,(H2,3,4). The van der Waals surface area contributed by atoms with Crippen LogP contribution in [0.2, 0.25) is 0 Å². The van der Waals surface area contributed by atoms with E-state index in [2.05, 4.69) is 5.73 Å². The number of hydrogen-bond donors (Lipinski definition) is 1. The Morgan fingerprint density at radius 1 is 1.62 bits per heavy atom. The van der Waals surface area contributed by atoms with Gasteiger partial charge >= 0.3 is 0 Å². The van der Waals surface area contributed by atoms with Crippen molar-refractivity contribution in [1.82, 2.24) is 0 Å². The molecule has 0 unspecified atom stereocenters. The summed E-state index contributed by atoms with van der Waals surface area (Å²) in [4.78, 5) is 9.00. The van der Waals surface area contributed by atoms with Crippen molar-refractivity contribution in [3.8, 4) is 0 Å². The topological polar surface area (TPSA) is 43.1 Å². The van der Waals surface area contributed by atoms with E-state index < -0.39 is 0 Å². The second kappa shape index (κ2) is 7.05. The van der Waals surface area contributed by atoms with Crippen LogP contribution in [0.15, 0.2) is 0 Å². The summed E-state index contributed by atoms with van der Waals surface area (Å²) in [6, 6.07) is 0. The molecule has 0 rings (SSSR count). The van der Waals surface area contributed by atoms with Crippen molar-refractivity contribution >= 4 is 29.1 Å². The van der Waals surface area contributed by atoms with Crippen LogP contribution >= 0.6 is 23.2 Å². The van der Waals surface area contributed by atoms with Crippen molar-refractivity contribution in [2.24, 2.45) is 5.73 Å². The number of carbonyl (C=O) groups excluding carboxylic acids is 1. The average Bonchev–Trinajstić information content (AvgIpc) is 1.25.